The summed E-state index contributed by atoms with van der Waals surface area (Å²) in [6.45, 7) is 0. The largest absolute Gasteiger partial charge is 0.326 e. The van der Waals surface area contributed by atoms with E-state index in [0.717, 1.165) is 32.5 Å². The number of amides is 2. The maximum absolute atomic E-state index is 11.2. The molecule has 0 fully saturated rings. The number of hydrogen-bond donors (Lipinski definition) is 2. The second kappa shape index (κ2) is 7.37. The van der Waals surface area contributed by atoms with Gasteiger partial charge in [-0.15, -0.1) is 0 Å². The fourth-order valence-corrected chi connectivity index (χ4v) is 3.65. The molecule has 2 heterocycles. The van der Waals surface area contributed by atoms with Crippen LogP contribution in [-0.2, 0) is 22.4 Å². The normalized spacial score (nSPS) is 13.8. The van der Waals surface area contributed by atoms with E-state index in [2.05, 4.69) is 44.8 Å². The summed E-state index contributed by atoms with van der Waals surface area (Å²) in [5.41, 5.74) is 6.40. The van der Waals surface area contributed by atoms with Crippen LogP contribution < -0.4 is 10.6 Å². The third-order valence-electron chi connectivity index (χ3n) is 4.53. The molecule has 0 aliphatic carbocycles. The number of benzene rings is 3. The standard InChI is InChI=1S/C14H11NO.C8H6BrNO/c16-14-9-12-8-11(6-7-13(12)15-14)10-4-2-1-3-5-10;9-6-1-2-7-5(3-6)4-8(11)10-7/h1-8H,9H2,(H,15,16);1-3H,4H2,(H,10,11). The summed E-state index contributed by atoms with van der Waals surface area (Å²) in [5, 5.41) is 5.60. The predicted molar refractivity (Wildman–Crippen MR) is 111 cm³/mol. The maximum atomic E-state index is 11.2. The van der Waals surface area contributed by atoms with Gasteiger partial charge in [0.1, 0.15) is 0 Å². The van der Waals surface area contributed by atoms with E-state index in [1.54, 1.807) is 0 Å². The summed E-state index contributed by atoms with van der Waals surface area (Å²) in [7, 11) is 0. The molecule has 0 radical (unpaired) electrons. The Labute approximate surface area is 165 Å². The molecule has 0 saturated heterocycles. The molecule has 27 heavy (non-hydrogen) atoms. The number of anilines is 2. The molecule has 5 rings (SSSR count). The molecule has 3 aromatic carbocycles. The highest BCUT2D eigenvalue weighted by Gasteiger charge is 2.18. The highest BCUT2D eigenvalue weighted by Crippen LogP contribution is 2.29. The van der Waals surface area contributed by atoms with Crippen molar-refractivity contribution in [2.45, 2.75) is 12.8 Å². The topological polar surface area (TPSA) is 58.2 Å². The molecule has 0 aromatic heterocycles. The molecule has 2 aliphatic heterocycles. The second-order valence-corrected chi connectivity index (χ2v) is 7.41. The van der Waals surface area contributed by atoms with Gasteiger partial charge in [0, 0.05) is 15.8 Å². The Morgan fingerprint density at radius 1 is 0.667 bits per heavy atom. The molecule has 5 heteroatoms. The molecule has 0 spiro atoms. The molecule has 0 unspecified atom stereocenters. The van der Waals surface area contributed by atoms with Gasteiger partial charge in [-0.1, -0.05) is 52.3 Å². The van der Waals surface area contributed by atoms with E-state index in [4.69, 9.17) is 0 Å². The van der Waals surface area contributed by atoms with Gasteiger partial charge in [-0.3, -0.25) is 9.59 Å². The summed E-state index contributed by atoms with van der Waals surface area (Å²) >= 11 is 3.35. The fraction of sp³-hybridized carbons (Fsp3) is 0.0909. The van der Waals surface area contributed by atoms with Crippen molar-refractivity contribution in [3.05, 3.63) is 82.3 Å². The lowest BCUT2D eigenvalue weighted by molar-refractivity contribution is -0.115. The van der Waals surface area contributed by atoms with Crippen LogP contribution in [0.3, 0.4) is 0 Å². The van der Waals surface area contributed by atoms with Crippen LogP contribution in [0.2, 0.25) is 0 Å². The molecule has 134 valence electrons. The van der Waals surface area contributed by atoms with Gasteiger partial charge in [0.15, 0.2) is 0 Å². The lowest BCUT2D eigenvalue weighted by Gasteiger charge is -2.04. The van der Waals surface area contributed by atoms with Crippen LogP contribution in [-0.4, -0.2) is 11.8 Å². The molecular weight excluding hydrogens is 404 g/mol. The summed E-state index contributed by atoms with van der Waals surface area (Å²) < 4.78 is 1.02. The number of rotatable bonds is 1. The Balaban J connectivity index is 0.000000143. The summed E-state index contributed by atoms with van der Waals surface area (Å²) in [5.74, 6) is 0.165. The van der Waals surface area contributed by atoms with Crippen LogP contribution in [0, 0.1) is 0 Å². The Hall–Kier alpha value is -2.92. The molecule has 2 N–H and O–H groups in total. The van der Waals surface area contributed by atoms with Crippen molar-refractivity contribution in [2.24, 2.45) is 0 Å². The number of fused-ring (bicyclic) bond motifs is 2. The minimum Gasteiger partial charge on any atom is -0.326 e. The molecule has 0 bridgehead atoms. The van der Waals surface area contributed by atoms with E-state index < -0.39 is 0 Å². The van der Waals surface area contributed by atoms with Crippen LogP contribution >= 0.6 is 15.9 Å². The second-order valence-electron chi connectivity index (χ2n) is 6.49. The van der Waals surface area contributed by atoms with Crippen molar-refractivity contribution in [2.75, 3.05) is 10.6 Å². The number of hydrogen-bond acceptors (Lipinski definition) is 2. The van der Waals surface area contributed by atoms with E-state index in [0.29, 0.717) is 12.8 Å². The molecular formula is C22H17BrN2O2. The molecule has 2 amide bonds. The maximum Gasteiger partial charge on any atom is 0.228 e. The van der Waals surface area contributed by atoms with Gasteiger partial charge < -0.3 is 10.6 Å². The Morgan fingerprint density at radius 3 is 1.93 bits per heavy atom. The first kappa shape index (κ1) is 17.5. The van der Waals surface area contributed by atoms with E-state index in [1.807, 2.05) is 48.5 Å². The van der Waals surface area contributed by atoms with E-state index in [1.165, 1.54) is 5.56 Å². The van der Waals surface area contributed by atoms with Gasteiger partial charge in [0.05, 0.1) is 12.8 Å². The van der Waals surface area contributed by atoms with Crippen molar-refractivity contribution < 1.29 is 9.59 Å². The molecule has 4 nitrogen and oxygen atoms in total. The zero-order valence-electron chi connectivity index (χ0n) is 14.5. The fourth-order valence-electron chi connectivity index (χ4n) is 3.24. The van der Waals surface area contributed by atoms with Gasteiger partial charge in [0.2, 0.25) is 11.8 Å². The highest BCUT2D eigenvalue weighted by atomic mass is 79.9. The molecule has 2 aliphatic rings. The van der Waals surface area contributed by atoms with Gasteiger partial charge >= 0.3 is 0 Å². The van der Waals surface area contributed by atoms with Crippen LogP contribution in [0.25, 0.3) is 11.1 Å². The smallest absolute Gasteiger partial charge is 0.228 e. The number of halogens is 1. The lowest BCUT2D eigenvalue weighted by atomic mass is 10.0. The average molecular weight is 421 g/mol. The number of nitrogens with one attached hydrogen (secondary N) is 2. The predicted octanol–water partition coefficient (Wildman–Crippen LogP) is 4.79. The molecule has 3 aromatic rings. The summed E-state index contributed by atoms with van der Waals surface area (Å²) in [4.78, 5) is 22.1. The van der Waals surface area contributed by atoms with Crippen molar-refractivity contribution in [3.63, 3.8) is 0 Å². The van der Waals surface area contributed by atoms with Crippen molar-refractivity contribution in [3.8, 4) is 11.1 Å². The monoisotopic (exact) mass is 420 g/mol. The zero-order valence-corrected chi connectivity index (χ0v) is 16.0. The first-order valence-corrected chi connectivity index (χ1v) is 9.44. The average Bonchev–Trinajstić information content (AvgIpc) is 3.22. The number of carbonyl (C=O) groups is 2. The van der Waals surface area contributed by atoms with E-state index in [9.17, 15) is 9.59 Å². The van der Waals surface area contributed by atoms with Crippen molar-refractivity contribution in [1.82, 2.24) is 0 Å². The highest BCUT2D eigenvalue weighted by molar-refractivity contribution is 9.10. The minimum absolute atomic E-state index is 0.0816. The van der Waals surface area contributed by atoms with Gasteiger partial charge in [-0.05, 0) is 52.6 Å². The van der Waals surface area contributed by atoms with Gasteiger partial charge in [-0.2, -0.15) is 0 Å². The van der Waals surface area contributed by atoms with Gasteiger partial charge in [0.25, 0.3) is 0 Å². The third kappa shape index (κ3) is 3.93. The first-order chi connectivity index (χ1) is 13.1. The Morgan fingerprint density at radius 2 is 1.26 bits per heavy atom. The third-order valence-corrected chi connectivity index (χ3v) is 5.02. The van der Waals surface area contributed by atoms with Crippen LogP contribution in [0.1, 0.15) is 11.1 Å². The van der Waals surface area contributed by atoms with E-state index >= 15 is 0 Å². The zero-order chi connectivity index (χ0) is 18.8. The molecule has 0 atom stereocenters. The van der Waals surface area contributed by atoms with E-state index in [-0.39, 0.29) is 11.8 Å². The van der Waals surface area contributed by atoms with Crippen LogP contribution in [0.4, 0.5) is 11.4 Å². The first-order valence-electron chi connectivity index (χ1n) is 8.65. The quantitative estimate of drug-likeness (QED) is 0.594. The van der Waals surface area contributed by atoms with Crippen LogP contribution in [0.5, 0.6) is 0 Å². The van der Waals surface area contributed by atoms with Crippen LogP contribution in [0.15, 0.2) is 71.2 Å². The number of carbonyl (C=O) groups excluding carboxylic acids is 2. The van der Waals surface area contributed by atoms with Crippen molar-refractivity contribution in [1.29, 1.82) is 0 Å². The van der Waals surface area contributed by atoms with Gasteiger partial charge in [-0.25, -0.2) is 0 Å². The summed E-state index contributed by atoms with van der Waals surface area (Å²) in [6.07, 6.45) is 1.00. The summed E-state index contributed by atoms with van der Waals surface area (Å²) in [6, 6.07) is 22.1. The SMILES string of the molecule is O=C1Cc2cc(-c3ccccc3)ccc2N1.O=C1Cc2cc(Br)ccc2N1. The lowest BCUT2D eigenvalue weighted by Crippen LogP contribution is -2.03. The minimum atomic E-state index is 0.0816. The Bertz CT molecular complexity index is 1030. The van der Waals surface area contributed by atoms with Crippen molar-refractivity contribution >= 4 is 39.1 Å². The molecule has 0 saturated carbocycles. The Kier molecular flexibility index (Phi) is 4.77.